The van der Waals surface area contributed by atoms with E-state index < -0.39 is 0 Å². The molecule has 0 unspecified atom stereocenters. The molecule has 0 fully saturated rings. The Bertz CT molecular complexity index is 431. The molecule has 0 aliphatic rings. The van der Waals surface area contributed by atoms with Gasteiger partial charge in [-0.15, -0.1) is 0 Å². The van der Waals surface area contributed by atoms with Gasteiger partial charge in [-0.1, -0.05) is 27.8 Å². The number of amides is 1. The van der Waals surface area contributed by atoms with Crippen LogP contribution in [0.5, 0.6) is 0 Å². The number of hydrogen-bond acceptors (Lipinski definition) is 2. The van der Waals surface area contributed by atoms with Gasteiger partial charge in [0.1, 0.15) is 6.61 Å². The molecule has 1 rings (SSSR count). The maximum Gasteiger partial charge on any atom is 0.251 e. The molecule has 0 bridgehead atoms. The fourth-order valence-electron chi connectivity index (χ4n) is 1.37. The van der Waals surface area contributed by atoms with E-state index in [1.54, 1.807) is 24.3 Å². The minimum Gasteiger partial charge on any atom is -0.384 e. The first-order chi connectivity index (χ1) is 8.77. The molecule has 1 aromatic rings. The van der Waals surface area contributed by atoms with E-state index in [0.717, 1.165) is 23.7 Å². The van der Waals surface area contributed by atoms with Crippen molar-refractivity contribution in [2.75, 3.05) is 18.5 Å². The lowest BCUT2D eigenvalue weighted by molar-refractivity contribution is 0.0953. The van der Waals surface area contributed by atoms with Gasteiger partial charge in [0.2, 0.25) is 0 Å². The van der Waals surface area contributed by atoms with E-state index in [-0.39, 0.29) is 12.5 Å². The van der Waals surface area contributed by atoms with Crippen molar-refractivity contribution in [2.45, 2.75) is 12.8 Å². The minimum atomic E-state index is -0.157. The number of benzene rings is 1. The van der Waals surface area contributed by atoms with Gasteiger partial charge in [0.15, 0.2) is 0 Å². The molecule has 0 saturated carbocycles. The number of nitrogens with one attached hydrogen (secondary N) is 1. The maximum atomic E-state index is 11.7. The third-order valence-corrected chi connectivity index (χ3v) is 2.87. The monoisotopic (exact) mass is 309 g/mol. The van der Waals surface area contributed by atoms with Crippen LogP contribution in [0.2, 0.25) is 0 Å². The predicted octanol–water partition coefficient (Wildman–Crippen LogP) is 1.94. The highest BCUT2D eigenvalue weighted by molar-refractivity contribution is 9.09. The third-order valence-electron chi connectivity index (χ3n) is 2.30. The Kier molecular flexibility index (Phi) is 7.16. The lowest BCUT2D eigenvalue weighted by atomic mass is 10.1. The van der Waals surface area contributed by atoms with E-state index >= 15 is 0 Å². The summed E-state index contributed by atoms with van der Waals surface area (Å²) in [6.45, 7) is 0.534. The van der Waals surface area contributed by atoms with E-state index in [1.165, 1.54) is 0 Å². The van der Waals surface area contributed by atoms with Crippen LogP contribution < -0.4 is 5.32 Å². The molecule has 0 heterocycles. The molecule has 1 aromatic carbocycles. The van der Waals surface area contributed by atoms with Crippen LogP contribution in [-0.2, 0) is 0 Å². The number of carbonyl (C=O) groups is 1. The highest BCUT2D eigenvalue weighted by Gasteiger charge is 2.03. The molecule has 3 nitrogen and oxygen atoms in total. The smallest absolute Gasteiger partial charge is 0.251 e. The summed E-state index contributed by atoms with van der Waals surface area (Å²) in [6.07, 6.45) is 2.02. The summed E-state index contributed by atoms with van der Waals surface area (Å²) in [5.74, 6) is 5.28. The number of hydrogen-bond donors (Lipinski definition) is 2. The third kappa shape index (κ3) is 5.35. The predicted molar refractivity (Wildman–Crippen MR) is 75.8 cm³/mol. The number of aliphatic hydroxyl groups excluding tert-OH is 1. The molecule has 96 valence electrons. The van der Waals surface area contributed by atoms with E-state index in [0.29, 0.717) is 12.1 Å². The molecular formula is C14H16BrNO2. The molecule has 0 atom stereocenters. The van der Waals surface area contributed by atoms with Crippen LogP contribution in [0.4, 0.5) is 0 Å². The largest absolute Gasteiger partial charge is 0.384 e. The molecule has 0 aliphatic carbocycles. The first kappa shape index (κ1) is 14.7. The van der Waals surface area contributed by atoms with Crippen LogP contribution in [0.25, 0.3) is 0 Å². The van der Waals surface area contributed by atoms with Crippen LogP contribution in [0.15, 0.2) is 24.3 Å². The number of unbranched alkanes of at least 4 members (excludes halogenated alkanes) is 1. The fourth-order valence-corrected chi connectivity index (χ4v) is 1.77. The van der Waals surface area contributed by atoms with Crippen molar-refractivity contribution in [1.82, 2.24) is 5.32 Å². The quantitative estimate of drug-likeness (QED) is 0.496. The van der Waals surface area contributed by atoms with Gasteiger partial charge in [0.25, 0.3) is 5.91 Å². The zero-order chi connectivity index (χ0) is 13.2. The second kappa shape index (κ2) is 8.73. The van der Waals surface area contributed by atoms with Gasteiger partial charge in [-0.25, -0.2) is 0 Å². The van der Waals surface area contributed by atoms with Gasteiger partial charge in [-0.05, 0) is 37.1 Å². The van der Waals surface area contributed by atoms with Gasteiger partial charge in [-0.3, -0.25) is 4.79 Å². The Morgan fingerprint density at radius 3 is 2.61 bits per heavy atom. The zero-order valence-corrected chi connectivity index (χ0v) is 11.7. The van der Waals surface area contributed by atoms with E-state index in [1.807, 2.05) is 0 Å². The standard InChI is InChI=1S/C14H16BrNO2/c15-9-1-2-10-16-14(18)13-7-5-12(6-8-13)4-3-11-17/h5-8,17H,1-2,9-11H2,(H,16,18). The van der Waals surface area contributed by atoms with E-state index in [9.17, 15) is 4.79 Å². The summed E-state index contributed by atoms with van der Waals surface area (Å²) in [7, 11) is 0. The average Bonchev–Trinajstić information content (AvgIpc) is 2.41. The van der Waals surface area contributed by atoms with Crippen molar-refractivity contribution < 1.29 is 9.90 Å². The molecular weight excluding hydrogens is 294 g/mol. The van der Waals surface area contributed by atoms with Crippen LogP contribution in [0.1, 0.15) is 28.8 Å². The van der Waals surface area contributed by atoms with Crippen molar-refractivity contribution in [3.63, 3.8) is 0 Å². The molecule has 0 aliphatic heterocycles. The van der Waals surface area contributed by atoms with Gasteiger partial charge < -0.3 is 10.4 Å². The number of halogens is 1. The molecule has 0 saturated heterocycles. The van der Waals surface area contributed by atoms with E-state index in [4.69, 9.17) is 5.11 Å². The number of rotatable bonds is 5. The Morgan fingerprint density at radius 2 is 2.00 bits per heavy atom. The van der Waals surface area contributed by atoms with Crippen LogP contribution in [-0.4, -0.2) is 29.5 Å². The summed E-state index contributed by atoms with van der Waals surface area (Å²) in [4.78, 5) is 11.7. The van der Waals surface area contributed by atoms with Crippen molar-refractivity contribution in [2.24, 2.45) is 0 Å². The summed E-state index contributed by atoms with van der Waals surface area (Å²) >= 11 is 3.35. The first-order valence-corrected chi connectivity index (χ1v) is 6.94. The summed E-state index contributed by atoms with van der Waals surface area (Å²) in [5.41, 5.74) is 1.42. The van der Waals surface area contributed by atoms with Gasteiger partial charge in [0, 0.05) is 23.0 Å². The average molecular weight is 310 g/mol. The maximum absolute atomic E-state index is 11.7. The lowest BCUT2D eigenvalue weighted by Gasteiger charge is -2.04. The van der Waals surface area contributed by atoms with Crippen molar-refractivity contribution >= 4 is 21.8 Å². The molecule has 1 amide bonds. The first-order valence-electron chi connectivity index (χ1n) is 5.82. The molecule has 0 radical (unpaired) electrons. The van der Waals surface area contributed by atoms with Crippen LogP contribution in [0, 0.1) is 11.8 Å². The molecule has 0 aromatic heterocycles. The van der Waals surface area contributed by atoms with E-state index in [2.05, 4.69) is 33.1 Å². The summed E-state index contributed by atoms with van der Waals surface area (Å²) < 4.78 is 0. The van der Waals surface area contributed by atoms with Crippen molar-refractivity contribution in [1.29, 1.82) is 0 Å². The normalized spacial score (nSPS) is 9.44. The molecule has 4 heteroatoms. The Morgan fingerprint density at radius 1 is 1.28 bits per heavy atom. The molecule has 2 N–H and O–H groups in total. The van der Waals surface area contributed by atoms with Crippen LogP contribution >= 0.6 is 15.9 Å². The second-order valence-electron chi connectivity index (χ2n) is 3.69. The molecule has 0 spiro atoms. The van der Waals surface area contributed by atoms with Gasteiger partial charge >= 0.3 is 0 Å². The SMILES string of the molecule is O=C(NCCCCBr)c1ccc(C#CCO)cc1. The zero-order valence-electron chi connectivity index (χ0n) is 10.1. The van der Waals surface area contributed by atoms with Crippen LogP contribution in [0.3, 0.4) is 0 Å². The number of aliphatic hydroxyl groups is 1. The van der Waals surface area contributed by atoms with Gasteiger partial charge in [0.05, 0.1) is 0 Å². The Labute approximate surface area is 116 Å². The van der Waals surface area contributed by atoms with Gasteiger partial charge in [-0.2, -0.15) is 0 Å². The topological polar surface area (TPSA) is 49.3 Å². The molecule has 18 heavy (non-hydrogen) atoms. The Balaban J connectivity index is 2.48. The highest BCUT2D eigenvalue weighted by Crippen LogP contribution is 2.03. The van der Waals surface area contributed by atoms with Crippen molar-refractivity contribution in [3.8, 4) is 11.8 Å². The number of alkyl halides is 1. The summed E-state index contributed by atoms with van der Waals surface area (Å²) in [6, 6.07) is 7.02. The Hall–Kier alpha value is -1.31. The van der Waals surface area contributed by atoms with Crippen molar-refractivity contribution in [3.05, 3.63) is 35.4 Å². The second-order valence-corrected chi connectivity index (χ2v) is 4.48. The minimum absolute atomic E-state index is 0.0637. The summed E-state index contributed by atoms with van der Waals surface area (Å²) in [5, 5.41) is 12.4. The fraction of sp³-hybridized carbons (Fsp3) is 0.357. The lowest BCUT2D eigenvalue weighted by Crippen LogP contribution is -2.24. The highest BCUT2D eigenvalue weighted by atomic mass is 79.9. The number of carbonyl (C=O) groups excluding carboxylic acids is 1.